The van der Waals surface area contributed by atoms with Crippen LogP contribution in [0.4, 0.5) is 10.5 Å². The Hall–Kier alpha value is -4.50. The van der Waals surface area contributed by atoms with Crippen LogP contribution in [-0.2, 0) is 20.7 Å². The zero-order chi connectivity index (χ0) is 30.7. The van der Waals surface area contributed by atoms with Crippen LogP contribution >= 0.6 is 0 Å². The molecule has 0 saturated carbocycles. The molecule has 9 nitrogen and oxygen atoms in total. The molecule has 0 fully saturated rings. The maximum absolute atomic E-state index is 12.4. The van der Waals surface area contributed by atoms with Gasteiger partial charge in [-0.15, -0.1) is 0 Å². The fraction of sp³-hybridized carbons (Fsp3) is 0.353. The van der Waals surface area contributed by atoms with Crippen LogP contribution in [-0.4, -0.2) is 49.6 Å². The minimum Gasteiger partial charge on any atom is -0.481 e. The number of benzene rings is 3. The maximum Gasteiger partial charge on any atom is 0.408 e. The highest BCUT2D eigenvalue weighted by molar-refractivity contribution is 5.93. The molecule has 226 valence electrons. The Labute approximate surface area is 251 Å². The lowest BCUT2D eigenvalue weighted by molar-refractivity contribution is -0.142. The van der Waals surface area contributed by atoms with Crippen LogP contribution in [0.5, 0.6) is 5.75 Å². The van der Waals surface area contributed by atoms with Crippen LogP contribution in [0, 0.1) is 0 Å². The Morgan fingerprint density at radius 2 is 1.91 bits per heavy atom. The standard InChI is InChI=1S/C34H38N2O7/c1-6-40-30(38)18-23-11-8-12-28-32(23)42-29(19-36(28)5)25-16-24-13-14-41-31(24)26(17-25)21-9-7-10-22(15-21)27(20-37)35-33(39)43-34(2,3)4/h7-17,27,29,37H,6,18-20H2,1-5H3,(H,35,39)/t27-,29?/m1/s1. The lowest BCUT2D eigenvalue weighted by Gasteiger charge is -2.35. The van der Waals surface area contributed by atoms with Crippen LogP contribution in [0.15, 0.2) is 71.3 Å². The Balaban J connectivity index is 1.48. The van der Waals surface area contributed by atoms with Crippen molar-refractivity contribution >= 4 is 28.7 Å². The molecule has 2 heterocycles. The number of aliphatic hydroxyl groups excluding tert-OH is 1. The van der Waals surface area contributed by atoms with Gasteiger partial charge in [-0.05, 0) is 74.7 Å². The number of ether oxygens (including phenoxy) is 3. The second-order valence-electron chi connectivity index (χ2n) is 11.6. The summed E-state index contributed by atoms with van der Waals surface area (Å²) in [5, 5.41) is 13.8. The average Bonchev–Trinajstić information content (AvgIpc) is 3.44. The van der Waals surface area contributed by atoms with E-state index in [1.165, 1.54) is 0 Å². The number of esters is 1. The SMILES string of the molecule is CCOC(=O)Cc1cccc2c1OC(c1cc(-c3cccc([C@@H](CO)NC(=O)OC(C)(C)C)c3)c3occc3c1)CN2C. The number of fused-ring (bicyclic) bond motifs is 2. The second kappa shape index (κ2) is 12.4. The van der Waals surface area contributed by atoms with Crippen molar-refractivity contribution in [1.82, 2.24) is 5.32 Å². The molecule has 4 aromatic rings. The molecule has 5 rings (SSSR count). The van der Waals surface area contributed by atoms with Crippen molar-refractivity contribution in [2.45, 2.75) is 51.9 Å². The zero-order valence-electron chi connectivity index (χ0n) is 25.2. The lowest BCUT2D eigenvalue weighted by Crippen LogP contribution is -2.36. The van der Waals surface area contributed by atoms with Crippen molar-refractivity contribution < 1.29 is 33.3 Å². The zero-order valence-corrected chi connectivity index (χ0v) is 25.2. The summed E-state index contributed by atoms with van der Waals surface area (Å²) in [7, 11) is 2.01. The van der Waals surface area contributed by atoms with Gasteiger partial charge in [0.05, 0.1) is 44.2 Å². The number of nitrogens with zero attached hydrogens (tertiary/aromatic N) is 1. The topological polar surface area (TPSA) is 110 Å². The highest BCUT2D eigenvalue weighted by Gasteiger charge is 2.29. The number of anilines is 1. The summed E-state index contributed by atoms with van der Waals surface area (Å²) in [5.41, 5.74) is 5.13. The van der Waals surface area contributed by atoms with Gasteiger partial charge in [0.2, 0.25) is 0 Å². The summed E-state index contributed by atoms with van der Waals surface area (Å²) >= 11 is 0. The summed E-state index contributed by atoms with van der Waals surface area (Å²) in [6.07, 6.45) is 0.859. The number of furan rings is 1. The molecule has 1 amide bonds. The predicted molar refractivity (Wildman–Crippen MR) is 164 cm³/mol. The largest absolute Gasteiger partial charge is 0.481 e. The first-order valence-electron chi connectivity index (χ1n) is 14.4. The van der Waals surface area contributed by atoms with Crippen LogP contribution in [0.3, 0.4) is 0 Å². The molecule has 1 aromatic heterocycles. The van der Waals surface area contributed by atoms with Gasteiger partial charge in [0.25, 0.3) is 0 Å². The number of nitrogens with one attached hydrogen (secondary N) is 1. The first-order valence-corrected chi connectivity index (χ1v) is 14.4. The first-order chi connectivity index (χ1) is 20.6. The number of carbonyl (C=O) groups excluding carboxylic acids is 2. The van der Waals surface area contributed by atoms with E-state index in [4.69, 9.17) is 18.6 Å². The third-order valence-corrected chi connectivity index (χ3v) is 7.25. The van der Waals surface area contributed by atoms with E-state index in [9.17, 15) is 14.7 Å². The number of hydrogen-bond donors (Lipinski definition) is 2. The highest BCUT2D eigenvalue weighted by Crippen LogP contribution is 2.42. The number of carbonyl (C=O) groups is 2. The van der Waals surface area contributed by atoms with Crippen molar-refractivity contribution in [3.8, 4) is 16.9 Å². The monoisotopic (exact) mass is 586 g/mol. The Morgan fingerprint density at radius 1 is 1.12 bits per heavy atom. The summed E-state index contributed by atoms with van der Waals surface area (Å²) < 4.78 is 23.1. The Kier molecular flexibility index (Phi) is 8.64. The molecule has 2 atom stereocenters. The Morgan fingerprint density at radius 3 is 2.65 bits per heavy atom. The third-order valence-electron chi connectivity index (χ3n) is 7.25. The molecule has 2 N–H and O–H groups in total. The number of aliphatic hydroxyl groups is 1. The third kappa shape index (κ3) is 6.78. The Bertz CT molecular complexity index is 1620. The van der Waals surface area contributed by atoms with E-state index < -0.39 is 17.7 Å². The van der Waals surface area contributed by atoms with E-state index in [0.717, 1.165) is 38.9 Å². The van der Waals surface area contributed by atoms with Gasteiger partial charge >= 0.3 is 12.1 Å². The fourth-order valence-electron chi connectivity index (χ4n) is 5.33. The number of hydrogen-bond acceptors (Lipinski definition) is 8. The molecule has 1 aliphatic rings. The minimum absolute atomic E-state index is 0.125. The van der Waals surface area contributed by atoms with Crippen LogP contribution in [0.25, 0.3) is 22.1 Å². The van der Waals surface area contributed by atoms with Crippen molar-refractivity contribution in [3.05, 3.63) is 83.6 Å². The highest BCUT2D eigenvalue weighted by atomic mass is 16.6. The minimum atomic E-state index is -0.660. The van der Waals surface area contributed by atoms with Gasteiger partial charge in [-0.3, -0.25) is 4.79 Å². The number of rotatable bonds is 8. The van der Waals surface area contributed by atoms with Gasteiger partial charge < -0.3 is 34.0 Å². The first kappa shape index (κ1) is 30.0. The van der Waals surface area contributed by atoms with Gasteiger partial charge in [-0.25, -0.2) is 4.79 Å². The molecule has 43 heavy (non-hydrogen) atoms. The summed E-state index contributed by atoms with van der Waals surface area (Å²) in [6.45, 7) is 7.78. The molecule has 0 aliphatic carbocycles. The van der Waals surface area contributed by atoms with E-state index in [2.05, 4.69) is 22.3 Å². The molecule has 0 saturated heterocycles. The molecule has 0 bridgehead atoms. The van der Waals surface area contributed by atoms with E-state index >= 15 is 0 Å². The van der Waals surface area contributed by atoms with Crippen molar-refractivity contribution in [3.63, 3.8) is 0 Å². The number of alkyl carbamates (subject to hydrolysis) is 1. The molecule has 3 aromatic carbocycles. The molecular weight excluding hydrogens is 548 g/mol. The fourth-order valence-corrected chi connectivity index (χ4v) is 5.33. The van der Waals surface area contributed by atoms with E-state index in [1.54, 1.807) is 34.0 Å². The normalized spacial score (nSPS) is 15.4. The van der Waals surface area contributed by atoms with Gasteiger partial charge in [-0.1, -0.05) is 30.3 Å². The van der Waals surface area contributed by atoms with Gasteiger partial charge in [0.15, 0.2) is 0 Å². The molecule has 0 radical (unpaired) electrons. The molecular formula is C34H38N2O7. The summed E-state index contributed by atoms with van der Waals surface area (Å²) in [4.78, 5) is 26.9. The van der Waals surface area contributed by atoms with E-state index in [-0.39, 0.29) is 25.1 Å². The summed E-state index contributed by atoms with van der Waals surface area (Å²) in [6, 6.07) is 18.8. The summed E-state index contributed by atoms with van der Waals surface area (Å²) in [5.74, 6) is 0.373. The maximum atomic E-state index is 12.4. The van der Waals surface area contributed by atoms with Crippen LogP contribution < -0.4 is 15.0 Å². The van der Waals surface area contributed by atoms with Crippen molar-refractivity contribution in [2.75, 3.05) is 31.7 Å². The van der Waals surface area contributed by atoms with Crippen LogP contribution in [0.1, 0.15) is 56.5 Å². The van der Waals surface area contributed by atoms with E-state index in [1.807, 2.05) is 55.6 Å². The van der Waals surface area contributed by atoms with Gasteiger partial charge in [0, 0.05) is 23.6 Å². The molecule has 0 spiro atoms. The van der Waals surface area contributed by atoms with Crippen molar-refractivity contribution in [1.29, 1.82) is 0 Å². The van der Waals surface area contributed by atoms with E-state index in [0.29, 0.717) is 24.5 Å². The molecule has 1 aliphatic heterocycles. The van der Waals surface area contributed by atoms with Gasteiger partial charge in [-0.2, -0.15) is 0 Å². The molecule has 1 unspecified atom stereocenters. The van der Waals surface area contributed by atoms with Gasteiger partial charge in [0.1, 0.15) is 23.0 Å². The number of para-hydroxylation sites is 1. The number of amides is 1. The predicted octanol–water partition coefficient (Wildman–Crippen LogP) is 6.33. The molecule has 9 heteroatoms. The van der Waals surface area contributed by atoms with Crippen LogP contribution in [0.2, 0.25) is 0 Å². The number of likely N-dealkylation sites (N-methyl/N-ethyl adjacent to an activating group) is 1. The quantitative estimate of drug-likeness (QED) is 0.230. The lowest BCUT2D eigenvalue weighted by atomic mass is 9.94. The second-order valence-corrected chi connectivity index (χ2v) is 11.6. The average molecular weight is 587 g/mol. The smallest absolute Gasteiger partial charge is 0.408 e. The van der Waals surface area contributed by atoms with Crippen molar-refractivity contribution in [2.24, 2.45) is 0 Å².